The molecular formula is C14H30IN3O3. The molecule has 0 saturated heterocycles. The monoisotopic (exact) mass is 415 g/mol. The van der Waals surface area contributed by atoms with E-state index in [1.807, 2.05) is 34.6 Å². The molecule has 126 valence electrons. The van der Waals surface area contributed by atoms with Crippen LogP contribution in [0.4, 0.5) is 0 Å². The summed E-state index contributed by atoms with van der Waals surface area (Å²) in [6.45, 7) is 11.4. The Labute approximate surface area is 145 Å². The van der Waals surface area contributed by atoms with Crippen LogP contribution in [0.15, 0.2) is 4.99 Å². The van der Waals surface area contributed by atoms with Crippen molar-refractivity contribution in [2.24, 2.45) is 4.99 Å². The highest BCUT2D eigenvalue weighted by molar-refractivity contribution is 14.0. The van der Waals surface area contributed by atoms with Crippen molar-refractivity contribution in [2.45, 2.75) is 52.7 Å². The Morgan fingerprint density at radius 3 is 2.38 bits per heavy atom. The summed E-state index contributed by atoms with van der Waals surface area (Å²) in [6.07, 6.45) is 0.239. The largest absolute Gasteiger partial charge is 0.463 e. The molecular weight excluding hydrogens is 385 g/mol. The van der Waals surface area contributed by atoms with E-state index in [1.54, 1.807) is 7.11 Å². The minimum absolute atomic E-state index is 0. The van der Waals surface area contributed by atoms with Crippen LogP contribution in [0.3, 0.4) is 0 Å². The van der Waals surface area contributed by atoms with E-state index in [9.17, 15) is 4.79 Å². The average Bonchev–Trinajstić information content (AvgIpc) is 2.35. The van der Waals surface area contributed by atoms with Crippen molar-refractivity contribution in [1.29, 1.82) is 0 Å². The quantitative estimate of drug-likeness (QED) is 0.274. The lowest BCUT2D eigenvalue weighted by Gasteiger charge is -2.21. The summed E-state index contributed by atoms with van der Waals surface area (Å²) >= 11 is 0. The van der Waals surface area contributed by atoms with E-state index in [1.165, 1.54) is 0 Å². The zero-order chi connectivity index (χ0) is 15.6. The third kappa shape index (κ3) is 12.9. The zero-order valence-electron chi connectivity index (χ0n) is 14.0. The Balaban J connectivity index is 0. The Bertz CT molecular complexity index is 321. The number of carbonyl (C=O) groups is 1. The molecule has 7 heteroatoms. The van der Waals surface area contributed by atoms with Crippen LogP contribution in [-0.4, -0.2) is 50.4 Å². The van der Waals surface area contributed by atoms with E-state index in [0.29, 0.717) is 25.5 Å². The van der Waals surface area contributed by atoms with E-state index in [4.69, 9.17) is 9.47 Å². The van der Waals surface area contributed by atoms with Gasteiger partial charge in [-0.3, -0.25) is 9.79 Å². The van der Waals surface area contributed by atoms with E-state index >= 15 is 0 Å². The van der Waals surface area contributed by atoms with Crippen molar-refractivity contribution in [3.05, 3.63) is 0 Å². The molecule has 0 spiro atoms. The van der Waals surface area contributed by atoms with Crippen LogP contribution in [0.5, 0.6) is 0 Å². The Hall–Kier alpha value is -0.570. The molecule has 0 unspecified atom stereocenters. The maximum atomic E-state index is 11.4. The number of carbonyl (C=O) groups excluding carboxylic acids is 1. The van der Waals surface area contributed by atoms with Gasteiger partial charge in [-0.2, -0.15) is 0 Å². The van der Waals surface area contributed by atoms with E-state index < -0.39 is 0 Å². The number of halogens is 1. The topological polar surface area (TPSA) is 72.0 Å². The minimum atomic E-state index is -0.307. The summed E-state index contributed by atoms with van der Waals surface area (Å²) in [7, 11) is 1.66. The standard InChI is InChI=1S/C14H29N3O3.HI/c1-7-15-13(17-10-14(4,5)19-6)16-9-8-12(18)20-11(2)3;/h11H,7-10H2,1-6H3,(H2,15,16,17);1H. The van der Waals surface area contributed by atoms with Crippen molar-refractivity contribution in [2.75, 3.05) is 26.7 Å². The summed E-state index contributed by atoms with van der Waals surface area (Å²) < 4.78 is 10.4. The second-order valence-corrected chi connectivity index (χ2v) is 5.37. The van der Waals surface area contributed by atoms with Crippen LogP contribution in [-0.2, 0) is 14.3 Å². The average molecular weight is 415 g/mol. The summed E-state index contributed by atoms with van der Waals surface area (Å²) in [6, 6.07) is 0. The van der Waals surface area contributed by atoms with Crippen LogP contribution < -0.4 is 10.6 Å². The lowest BCUT2D eigenvalue weighted by atomic mass is 10.1. The fraction of sp³-hybridized carbons (Fsp3) is 0.857. The third-order valence-electron chi connectivity index (χ3n) is 2.50. The SMILES string of the molecule is CCNC(=NCC(C)(C)OC)NCCC(=O)OC(C)C.I. The van der Waals surface area contributed by atoms with Crippen molar-refractivity contribution in [3.63, 3.8) is 0 Å². The number of methoxy groups -OCH3 is 1. The van der Waals surface area contributed by atoms with Gasteiger partial charge in [0.05, 0.1) is 24.7 Å². The van der Waals surface area contributed by atoms with E-state index in [-0.39, 0.29) is 41.7 Å². The lowest BCUT2D eigenvalue weighted by Crippen LogP contribution is -2.40. The Morgan fingerprint density at radius 1 is 1.29 bits per heavy atom. The Morgan fingerprint density at radius 2 is 1.90 bits per heavy atom. The third-order valence-corrected chi connectivity index (χ3v) is 2.50. The first-order valence-electron chi connectivity index (χ1n) is 7.07. The summed E-state index contributed by atoms with van der Waals surface area (Å²) in [5.41, 5.74) is -0.307. The van der Waals surface area contributed by atoms with Gasteiger partial charge in [-0.1, -0.05) is 0 Å². The second kappa shape index (κ2) is 12.0. The molecule has 0 aliphatic heterocycles. The molecule has 0 aromatic carbocycles. The molecule has 0 radical (unpaired) electrons. The predicted octanol–water partition coefficient (Wildman–Crippen LogP) is 1.93. The van der Waals surface area contributed by atoms with Gasteiger partial charge < -0.3 is 20.1 Å². The van der Waals surface area contributed by atoms with Gasteiger partial charge in [-0.15, -0.1) is 24.0 Å². The molecule has 0 amide bonds. The number of hydrogen-bond acceptors (Lipinski definition) is 4. The first-order chi connectivity index (χ1) is 9.30. The second-order valence-electron chi connectivity index (χ2n) is 5.37. The number of hydrogen-bond donors (Lipinski definition) is 2. The molecule has 0 atom stereocenters. The van der Waals surface area contributed by atoms with Gasteiger partial charge in [0.15, 0.2) is 5.96 Å². The molecule has 0 rings (SSSR count). The van der Waals surface area contributed by atoms with Crippen LogP contribution in [0.2, 0.25) is 0 Å². The molecule has 21 heavy (non-hydrogen) atoms. The van der Waals surface area contributed by atoms with Crippen molar-refractivity contribution in [3.8, 4) is 0 Å². The zero-order valence-corrected chi connectivity index (χ0v) is 16.3. The molecule has 6 nitrogen and oxygen atoms in total. The molecule has 0 aromatic rings. The molecule has 0 heterocycles. The number of ether oxygens (including phenoxy) is 2. The van der Waals surface area contributed by atoms with E-state index in [2.05, 4.69) is 15.6 Å². The van der Waals surface area contributed by atoms with Crippen LogP contribution in [0.25, 0.3) is 0 Å². The fourth-order valence-electron chi connectivity index (χ4n) is 1.28. The van der Waals surface area contributed by atoms with Crippen LogP contribution in [0, 0.1) is 0 Å². The predicted molar refractivity (Wildman–Crippen MR) is 96.3 cm³/mol. The lowest BCUT2D eigenvalue weighted by molar-refractivity contribution is -0.147. The van der Waals surface area contributed by atoms with Crippen molar-refractivity contribution >= 4 is 35.9 Å². The van der Waals surface area contributed by atoms with Crippen molar-refractivity contribution in [1.82, 2.24) is 10.6 Å². The number of nitrogens with zero attached hydrogens (tertiary/aromatic N) is 1. The molecule has 0 aromatic heterocycles. The van der Waals surface area contributed by atoms with Crippen LogP contribution >= 0.6 is 24.0 Å². The summed E-state index contributed by atoms with van der Waals surface area (Å²) in [5, 5.41) is 6.23. The number of rotatable bonds is 8. The van der Waals surface area contributed by atoms with Crippen LogP contribution in [0.1, 0.15) is 41.0 Å². The summed E-state index contributed by atoms with van der Waals surface area (Å²) in [5.74, 6) is 0.468. The highest BCUT2D eigenvalue weighted by Gasteiger charge is 2.15. The first kappa shape index (κ1) is 22.7. The van der Waals surface area contributed by atoms with Gasteiger partial charge >= 0.3 is 5.97 Å². The maximum absolute atomic E-state index is 11.4. The highest BCUT2D eigenvalue weighted by atomic mass is 127. The molecule has 0 saturated carbocycles. The number of esters is 1. The first-order valence-corrected chi connectivity index (χ1v) is 7.07. The van der Waals surface area contributed by atoms with Gasteiger partial charge in [0.2, 0.25) is 0 Å². The smallest absolute Gasteiger partial charge is 0.307 e. The summed E-state index contributed by atoms with van der Waals surface area (Å²) in [4.78, 5) is 15.8. The normalized spacial score (nSPS) is 11.9. The van der Waals surface area contributed by atoms with Crippen molar-refractivity contribution < 1.29 is 14.3 Å². The number of aliphatic imine (C=N–C) groups is 1. The van der Waals surface area contributed by atoms with Gasteiger partial charge in [0.25, 0.3) is 0 Å². The number of nitrogens with one attached hydrogen (secondary N) is 2. The fourth-order valence-corrected chi connectivity index (χ4v) is 1.28. The highest BCUT2D eigenvalue weighted by Crippen LogP contribution is 2.06. The molecule has 0 aliphatic carbocycles. The van der Waals surface area contributed by atoms with Gasteiger partial charge in [-0.25, -0.2) is 0 Å². The molecule has 0 aliphatic rings. The van der Waals surface area contributed by atoms with Gasteiger partial charge in [0.1, 0.15) is 0 Å². The maximum Gasteiger partial charge on any atom is 0.307 e. The minimum Gasteiger partial charge on any atom is -0.463 e. The number of guanidine groups is 1. The van der Waals surface area contributed by atoms with E-state index in [0.717, 1.165) is 6.54 Å². The molecule has 0 fully saturated rings. The van der Waals surface area contributed by atoms with Gasteiger partial charge in [0, 0.05) is 20.2 Å². The molecule has 2 N–H and O–H groups in total. The van der Waals surface area contributed by atoms with Gasteiger partial charge in [-0.05, 0) is 34.6 Å². The molecule has 0 bridgehead atoms. The Kier molecular flexibility index (Phi) is 13.0.